The Morgan fingerprint density at radius 3 is 1.05 bits per heavy atom. The first kappa shape index (κ1) is 24.2. The van der Waals surface area contributed by atoms with Crippen molar-refractivity contribution in [3.63, 3.8) is 0 Å². The molecule has 6 nitrogen and oxygen atoms in total. The van der Waals surface area contributed by atoms with Gasteiger partial charge in [-0.1, -0.05) is 27.7 Å². The van der Waals surface area contributed by atoms with Gasteiger partial charge in [-0.2, -0.15) is 0 Å². The number of hydrogen-bond donors (Lipinski definition) is 4. The molecule has 0 amide bonds. The van der Waals surface area contributed by atoms with E-state index in [1.165, 1.54) is 0 Å². The normalized spacial score (nSPS) is 12.9. The van der Waals surface area contributed by atoms with Gasteiger partial charge in [0.15, 0.2) is 0 Å². The summed E-state index contributed by atoms with van der Waals surface area (Å²) in [4.78, 5) is 20.0. The molecule has 0 aromatic carbocycles. The van der Waals surface area contributed by atoms with Crippen LogP contribution >= 0.6 is 18.8 Å². The summed E-state index contributed by atoms with van der Waals surface area (Å²) >= 11 is -0.472. The zero-order chi connectivity index (χ0) is 16.2. The Morgan fingerprint density at radius 1 is 0.895 bits per heavy atom. The number of halogens is 2. The summed E-state index contributed by atoms with van der Waals surface area (Å²) in [5, 5.41) is 16.5. The van der Waals surface area contributed by atoms with E-state index >= 15 is 0 Å². The fourth-order valence-corrected chi connectivity index (χ4v) is 0.570. The molecule has 0 saturated heterocycles. The van der Waals surface area contributed by atoms with Crippen LogP contribution in [-0.4, -0.2) is 34.2 Å². The van der Waals surface area contributed by atoms with Crippen molar-refractivity contribution < 1.29 is 36.3 Å². The summed E-state index contributed by atoms with van der Waals surface area (Å²) in [6.07, 6.45) is 0. The molecule has 0 heterocycles. The third kappa shape index (κ3) is 18.1. The van der Waals surface area contributed by atoms with Crippen molar-refractivity contribution in [2.75, 3.05) is 0 Å². The Kier molecular flexibility index (Phi) is 18.5. The van der Waals surface area contributed by atoms with Crippen molar-refractivity contribution in [2.24, 2.45) is 23.3 Å². The van der Waals surface area contributed by atoms with Crippen LogP contribution in [0.1, 0.15) is 27.7 Å². The van der Waals surface area contributed by atoms with Gasteiger partial charge >= 0.3 is 47.3 Å². The van der Waals surface area contributed by atoms with Crippen LogP contribution in [0.5, 0.6) is 0 Å². The molecule has 2 atom stereocenters. The molecule has 0 saturated carbocycles. The van der Waals surface area contributed by atoms with Gasteiger partial charge in [0.2, 0.25) is 0 Å². The second-order valence-electron chi connectivity index (χ2n) is 4.26. The van der Waals surface area contributed by atoms with E-state index in [1.54, 1.807) is 27.7 Å². The quantitative estimate of drug-likeness (QED) is 0.464. The monoisotopic (exact) mass is 499 g/mol. The molecule has 0 aromatic heterocycles. The SMILES string of the molecule is CC(C)C(N)C(=O)O.CC(C)C(N)C(=O)O.[Cl][Pt+2][Cl]. The van der Waals surface area contributed by atoms with Gasteiger partial charge in [-0.15, -0.1) is 0 Å². The fraction of sp³-hybridized carbons (Fsp3) is 0.800. The van der Waals surface area contributed by atoms with E-state index in [-0.39, 0.29) is 11.8 Å². The summed E-state index contributed by atoms with van der Waals surface area (Å²) in [5.41, 5.74) is 10.3. The van der Waals surface area contributed by atoms with Crippen LogP contribution in [0.3, 0.4) is 0 Å². The molecule has 19 heavy (non-hydrogen) atoms. The van der Waals surface area contributed by atoms with Gasteiger partial charge < -0.3 is 21.7 Å². The number of nitrogens with two attached hydrogens (primary N) is 2. The molecular weight excluding hydrogens is 478 g/mol. The van der Waals surface area contributed by atoms with Crippen LogP contribution in [0.25, 0.3) is 0 Å². The number of carbonyl (C=O) groups is 2. The third-order valence-corrected chi connectivity index (χ3v) is 2.01. The van der Waals surface area contributed by atoms with E-state index in [1.807, 2.05) is 0 Å². The minimum absolute atomic E-state index is 0.0208. The van der Waals surface area contributed by atoms with Crippen molar-refractivity contribution in [3.05, 3.63) is 0 Å². The van der Waals surface area contributed by atoms with Crippen LogP contribution in [0, 0.1) is 11.8 Å². The predicted octanol–water partition coefficient (Wildman–Crippen LogP) is 1.49. The molecule has 0 fully saturated rings. The van der Waals surface area contributed by atoms with Gasteiger partial charge in [-0.3, -0.25) is 9.59 Å². The molecule has 6 N–H and O–H groups in total. The Balaban J connectivity index is -0.000000224. The maximum atomic E-state index is 10.0. The molecule has 0 radical (unpaired) electrons. The van der Waals surface area contributed by atoms with Crippen LogP contribution in [-0.2, 0) is 26.1 Å². The average Bonchev–Trinajstić information content (AvgIpc) is 2.28. The molecule has 118 valence electrons. The summed E-state index contributed by atoms with van der Waals surface area (Å²) in [6.45, 7) is 7.11. The van der Waals surface area contributed by atoms with Crippen molar-refractivity contribution in [2.45, 2.75) is 39.8 Å². The number of hydrogen-bond acceptors (Lipinski definition) is 4. The molecule has 0 aliphatic heterocycles. The topological polar surface area (TPSA) is 127 Å². The van der Waals surface area contributed by atoms with Crippen LogP contribution < -0.4 is 11.5 Å². The summed E-state index contributed by atoms with van der Waals surface area (Å²) in [6, 6.07) is -1.43. The molecule has 9 heteroatoms. The van der Waals surface area contributed by atoms with E-state index in [0.29, 0.717) is 0 Å². The van der Waals surface area contributed by atoms with Crippen molar-refractivity contribution >= 4 is 30.8 Å². The van der Waals surface area contributed by atoms with E-state index in [2.05, 4.69) is 0 Å². The Morgan fingerprint density at radius 2 is 1.05 bits per heavy atom. The number of carboxylic acids is 2. The minimum atomic E-state index is -0.931. The predicted molar refractivity (Wildman–Crippen MR) is 72.6 cm³/mol. The maximum absolute atomic E-state index is 10.0. The molecule has 0 aromatic rings. The number of carboxylic acid groups (broad SMARTS) is 2. The van der Waals surface area contributed by atoms with E-state index in [4.69, 9.17) is 40.5 Å². The third-order valence-electron chi connectivity index (χ3n) is 2.01. The molecule has 0 aliphatic carbocycles. The number of aliphatic carboxylic acids is 2. The van der Waals surface area contributed by atoms with Gasteiger partial charge in [-0.05, 0) is 11.8 Å². The Bertz CT molecular complexity index is 232. The standard InChI is InChI=1S/2C5H11NO2.2ClH.Pt/c2*1-3(2)4(6)5(7)8;;;/h2*3-4H,6H2,1-2H3,(H,7,8);2*1H;/q;;;;+4/p-2. The van der Waals surface area contributed by atoms with Crippen molar-refractivity contribution in [3.8, 4) is 0 Å². The molecule has 2 unspecified atom stereocenters. The van der Waals surface area contributed by atoms with Gasteiger partial charge in [0.1, 0.15) is 12.1 Å². The van der Waals surface area contributed by atoms with Gasteiger partial charge in [0.05, 0.1) is 0 Å². The van der Waals surface area contributed by atoms with Crippen LogP contribution in [0.4, 0.5) is 0 Å². The van der Waals surface area contributed by atoms with Crippen LogP contribution in [0.2, 0.25) is 0 Å². The second kappa shape index (κ2) is 14.5. The zero-order valence-corrected chi connectivity index (χ0v) is 15.0. The summed E-state index contributed by atoms with van der Waals surface area (Å²) < 4.78 is 0. The first-order valence-electron chi connectivity index (χ1n) is 5.31. The zero-order valence-electron chi connectivity index (χ0n) is 11.2. The molecule has 0 bridgehead atoms. The first-order chi connectivity index (χ1) is 8.52. The molecular formula is C10H22Cl2N2O4Pt+2. The fourth-order valence-electron chi connectivity index (χ4n) is 0.570. The van der Waals surface area contributed by atoms with E-state index < -0.39 is 40.5 Å². The second-order valence-corrected chi connectivity index (χ2v) is 7.54. The van der Waals surface area contributed by atoms with Crippen molar-refractivity contribution in [1.29, 1.82) is 0 Å². The summed E-state index contributed by atoms with van der Waals surface area (Å²) in [5.74, 6) is -1.82. The van der Waals surface area contributed by atoms with E-state index in [9.17, 15) is 9.59 Å². The molecule has 0 aliphatic rings. The number of rotatable bonds is 4. The van der Waals surface area contributed by atoms with E-state index in [0.717, 1.165) is 0 Å². The van der Waals surface area contributed by atoms with Gasteiger partial charge in [0, 0.05) is 0 Å². The van der Waals surface area contributed by atoms with Crippen LogP contribution in [0.15, 0.2) is 0 Å². The van der Waals surface area contributed by atoms with Crippen molar-refractivity contribution in [1.82, 2.24) is 0 Å². The van der Waals surface area contributed by atoms with Gasteiger partial charge in [0.25, 0.3) is 0 Å². The molecule has 0 rings (SSSR count). The Hall–Kier alpha value is 0.128. The van der Waals surface area contributed by atoms with Gasteiger partial charge in [-0.25, -0.2) is 0 Å². The average molecular weight is 500 g/mol. The first-order valence-corrected chi connectivity index (χ1v) is 10.9. The summed E-state index contributed by atoms with van der Waals surface area (Å²) in [7, 11) is 9.75. The molecule has 0 spiro atoms. The Labute approximate surface area is 130 Å².